The summed E-state index contributed by atoms with van der Waals surface area (Å²) >= 11 is 11.3. The van der Waals surface area contributed by atoms with Crippen LogP contribution in [0, 0.1) is 0 Å². The number of thiocarbonyl (C=S) groups is 1. The number of carbonyl (C=O) groups is 1. The molecule has 0 saturated carbocycles. The minimum absolute atomic E-state index is 0.342. The molecule has 3 N–H and O–H groups in total. The van der Waals surface area contributed by atoms with Crippen molar-refractivity contribution in [3.8, 4) is 11.4 Å². The molecule has 0 spiro atoms. The first-order valence-corrected chi connectivity index (χ1v) is 12.1. The van der Waals surface area contributed by atoms with Crippen molar-refractivity contribution in [1.29, 1.82) is 0 Å². The van der Waals surface area contributed by atoms with Crippen LogP contribution in [0.1, 0.15) is 10.4 Å². The minimum atomic E-state index is -0.454. The van der Waals surface area contributed by atoms with Gasteiger partial charge < -0.3 is 10.6 Å². The molecule has 1 amide bonds. The van der Waals surface area contributed by atoms with Crippen LogP contribution in [0.15, 0.2) is 108 Å². The zero-order valence-corrected chi connectivity index (χ0v) is 20.9. The lowest BCUT2D eigenvalue weighted by Gasteiger charge is -2.15. The number of benzene rings is 4. The summed E-state index contributed by atoms with van der Waals surface area (Å²) in [6.07, 6.45) is 0. The number of halogens is 1. The summed E-state index contributed by atoms with van der Waals surface area (Å²) in [4.78, 5) is 31.1. The first-order chi connectivity index (χ1) is 18.0. The molecule has 1 heterocycles. The number of nitrogens with one attached hydrogen (secondary N) is 3. The molecule has 4 aromatic carbocycles. The number of hydrogen-bond donors (Lipinski definition) is 3. The van der Waals surface area contributed by atoms with Gasteiger partial charge in [0, 0.05) is 27.5 Å². The van der Waals surface area contributed by atoms with Crippen molar-refractivity contribution in [3.05, 3.63) is 124 Å². The number of amides is 1. The van der Waals surface area contributed by atoms with E-state index >= 15 is 0 Å². The standard InChI is InChI=1S/C28H20ClN5O2S/c29-20-12-16-22(17-13-20)31-28(37)30-21-14-10-19(11-15-21)26(35)33-34-25(18-6-2-1-3-7-18)32-24-9-5-4-8-23(24)27(34)36/h1-17H,(H,33,35)(H2,30,31,37). The first-order valence-electron chi connectivity index (χ1n) is 11.3. The molecular formula is C28H20ClN5O2S. The van der Waals surface area contributed by atoms with Gasteiger partial charge in [-0.15, -0.1) is 0 Å². The van der Waals surface area contributed by atoms with E-state index in [0.717, 1.165) is 5.69 Å². The maximum Gasteiger partial charge on any atom is 0.280 e. The largest absolute Gasteiger partial charge is 0.332 e. The highest BCUT2D eigenvalue weighted by molar-refractivity contribution is 7.80. The molecule has 0 aliphatic rings. The third-order valence-electron chi connectivity index (χ3n) is 5.53. The van der Waals surface area contributed by atoms with Crippen molar-refractivity contribution in [2.24, 2.45) is 0 Å². The molecule has 5 rings (SSSR count). The molecule has 1 aromatic heterocycles. The number of rotatable bonds is 5. The molecule has 0 aliphatic heterocycles. The van der Waals surface area contributed by atoms with Gasteiger partial charge in [0.25, 0.3) is 11.5 Å². The van der Waals surface area contributed by atoms with Gasteiger partial charge in [-0.05, 0) is 72.9 Å². The van der Waals surface area contributed by atoms with Gasteiger partial charge in [-0.2, -0.15) is 4.68 Å². The Hall–Kier alpha value is -4.53. The van der Waals surface area contributed by atoms with Gasteiger partial charge in [0.2, 0.25) is 0 Å². The van der Waals surface area contributed by atoms with Gasteiger partial charge >= 0.3 is 0 Å². The average molecular weight is 526 g/mol. The van der Waals surface area contributed by atoms with E-state index in [2.05, 4.69) is 21.0 Å². The predicted octanol–water partition coefficient (Wildman–Crippen LogP) is 5.91. The molecule has 0 saturated heterocycles. The fourth-order valence-corrected chi connectivity index (χ4v) is 4.08. The second kappa shape index (κ2) is 10.6. The molecule has 37 heavy (non-hydrogen) atoms. The molecular weight excluding hydrogens is 506 g/mol. The fraction of sp³-hybridized carbons (Fsp3) is 0. The number of carbonyl (C=O) groups excluding carboxylic acids is 1. The summed E-state index contributed by atoms with van der Waals surface area (Å²) in [6, 6.07) is 30.2. The Bertz CT molecular complexity index is 1650. The Labute approximate surface area is 222 Å². The maximum atomic E-state index is 13.3. The predicted molar refractivity (Wildman–Crippen MR) is 153 cm³/mol. The number of para-hydroxylation sites is 1. The lowest BCUT2D eigenvalue weighted by atomic mass is 10.2. The van der Waals surface area contributed by atoms with E-state index in [1.807, 2.05) is 48.5 Å². The van der Waals surface area contributed by atoms with Gasteiger partial charge in [0.15, 0.2) is 10.9 Å². The monoisotopic (exact) mass is 525 g/mol. The summed E-state index contributed by atoms with van der Waals surface area (Å²) in [5, 5.41) is 7.57. The second-order valence-electron chi connectivity index (χ2n) is 8.06. The van der Waals surface area contributed by atoms with E-state index in [1.165, 1.54) is 4.68 Å². The molecule has 5 aromatic rings. The molecule has 0 atom stereocenters. The lowest BCUT2D eigenvalue weighted by Crippen LogP contribution is -2.35. The topological polar surface area (TPSA) is 88.0 Å². The van der Waals surface area contributed by atoms with Crippen molar-refractivity contribution in [3.63, 3.8) is 0 Å². The third kappa shape index (κ3) is 5.50. The van der Waals surface area contributed by atoms with Crippen LogP contribution in [0.2, 0.25) is 5.02 Å². The van der Waals surface area contributed by atoms with Crippen LogP contribution < -0.4 is 21.6 Å². The Morgan fingerprint density at radius 3 is 2.05 bits per heavy atom. The van der Waals surface area contributed by atoms with E-state index in [4.69, 9.17) is 23.8 Å². The summed E-state index contributed by atoms with van der Waals surface area (Å²) in [5.74, 6) is -0.112. The van der Waals surface area contributed by atoms with Crippen LogP contribution in [-0.4, -0.2) is 20.7 Å². The van der Waals surface area contributed by atoms with Crippen LogP contribution in [0.25, 0.3) is 22.3 Å². The van der Waals surface area contributed by atoms with E-state index < -0.39 is 5.91 Å². The van der Waals surface area contributed by atoms with Crippen molar-refractivity contribution in [2.45, 2.75) is 0 Å². The van der Waals surface area contributed by atoms with Gasteiger partial charge in [-0.25, -0.2) is 4.98 Å². The van der Waals surface area contributed by atoms with E-state index in [-0.39, 0.29) is 5.56 Å². The maximum absolute atomic E-state index is 13.3. The van der Waals surface area contributed by atoms with Crippen molar-refractivity contribution < 1.29 is 4.79 Å². The van der Waals surface area contributed by atoms with Crippen molar-refractivity contribution in [2.75, 3.05) is 16.1 Å². The molecule has 0 radical (unpaired) electrons. The average Bonchev–Trinajstić information content (AvgIpc) is 2.92. The molecule has 7 nitrogen and oxygen atoms in total. The molecule has 9 heteroatoms. The highest BCUT2D eigenvalue weighted by Gasteiger charge is 2.16. The van der Waals surface area contributed by atoms with Crippen molar-refractivity contribution in [1.82, 2.24) is 9.66 Å². The molecule has 0 bridgehead atoms. The smallest absolute Gasteiger partial charge is 0.280 e. The summed E-state index contributed by atoms with van der Waals surface area (Å²) in [5.41, 5.74) is 5.45. The third-order valence-corrected chi connectivity index (χ3v) is 5.98. The van der Waals surface area contributed by atoms with Gasteiger partial charge in [0.1, 0.15) is 0 Å². The minimum Gasteiger partial charge on any atom is -0.332 e. The van der Waals surface area contributed by atoms with Gasteiger partial charge in [-0.1, -0.05) is 54.1 Å². The van der Waals surface area contributed by atoms with Gasteiger partial charge in [-0.3, -0.25) is 15.0 Å². The normalized spacial score (nSPS) is 10.6. The Balaban J connectivity index is 1.36. The van der Waals surface area contributed by atoms with Crippen LogP contribution in [0.5, 0.6) is 0 Å². The van der Waals surface area contributed by atoms with Crippen LogP contribution in [-0.2, 0) is 0 Å². The molecule has 182 valence electrons. The quantitative estimate of drug-likeness (QED) is 0.247. The molecule has 0 aliphatic carbocycles. The zero-order chi connectivity index (χ0) is 25.8. The SMILES string of the molecule is O=C(Nn1c(-c2ccccc2)nc2ccccc2c1=O)c1ccc(NC(=S)Nc2ccc(Cl)cc2)cc1. The summed E-state index contributed by atoms with van der Waals surface area (Å²) < 4.78 is 1.19. The Morgan fingerprint density at radius 1 is 0.784 bits per heavy atom. The summed E-state index contributed by atoms with van der Waals surface area (Å²) in [6.45, 7) is 0. The number of fused-ring (bicyclic) bond motifs is 1. The van der Waals surface area contributed by atoms with Crippen LogP contribution in [0.3, 0.4) is 0 Å². The second-order valence-corrected chi connectivity index (χ2v) is 8.91. The zero-order valence-electron chi connectivity index (χ0n) is 19.3. The summed E-state index contributed by atoms with van der Waals surface area (Å²) in [7, 11) is 0. The van der Waals surface area contributed by atoms with E-state index in [9.17, 15) is 9.59 Å². The van der Waals surface area contributed by atoms with E-state index in [0.29, 0.717) is 43.7 Å². The lowest BCUT2D eigenvalue weighted by molar-refractivity contribution is 0.101. The van der Waals surface area contributed by atoms with Crippen LogP contribution >= 0.6 is 23.8 Å². The highest BCUT2D eigenvalue weighted by Crippen LogP contribution is 2.19. The number of hydrogen-bond acceptors (Lipinski definition) is 4. The Kier molecular flexibility index (Phi) is 6.93. The first kappa shape index (κ1) is 24.2. The van der Waals surface area contributed by atoms with Crippen molar-refractivity contribution >= 4 is 57.1 Å². The molecule has 0 unspecified atom stereocenters. The van der Waals surface area contributed by atoms with Crippen LogP contribution in [0.4, 0.5) is 11.4 Å². The number of nitrogens with zero attached hydrogens (tertiary/aromatic N) is 2. The number of aromatic nitrogens is 2. The Morgan fingerprint density at radius 2 is 1.38 bits per heavy atom. The van der Waals surface area contributed by atoms with Gasteiger partial charge in [0.05, 0.1) is 10.9 Å². The fourth-order valence-electron chi connectivity index (χ4n) is 3.72. The van der Waals surface area contributed by atoms with E-state index in [1.54, 1.807) is 54.6 Å². The molecule has 0 fully saturated rings. The number of anilines is 2. The highest BCUT2D eigenvalue weighted by atomic mass is 35.5.